The molecule has 0 aromatic heterocycles. The number of carbonyl (C=O) groups excluding carboxylic acids is 2. The van der Waals surface area contributed by atoms with Gasteiger partial charge in [-0.3, -0.25) is 4.79 Å². The van der Waals surface area contributed by atoms with Gasteiger partial charge in [0.1, 0.15) is 19.0 Å². The van der Waals surface area contributed by atoms with Crippen molar-refractivity contribution in [1.29, 1.82) is 0 Å². The van der Waals surface area contributed by atoms with Crippen LogP contribution >= 0.6 is 0 Å². The van der Waals surface area contributed by atoms with Crippen molar-refractivity contribution in [3.8, 4) is 11.5 Å². The van der Waals surface area contributed by atoms with Gasteiger partial charge in [0.2, 0.25) is 0 Å². The molecule has 0 saturated carbocycles. The lowest BCUT2D eigenvalue weighted by molar-refractivity contribution is 0.0474. The van der Waals surface area contributed by atoms with Crippen LogP contribution in [0.4, 0.5) is 4.39 Å². The van der Waals surface area contributed by atoms with Crippen molar-refractivity contribution < 1.29 is 28.2 Å². The zero-order chi connectivity index (χ0) is 16.2. The molecule has 0 saturated heterocycles. The monoisotopic (exact) mass is 316 g/mol. The zero-order valence-corrected chi connectivity index (χ0v) is 12.1. The molecule has 118 valence electrons. The Labute approximate surface area is 131 Å². The van der Waals surface area contributed by atoms with Crippen LogP contribution in [0.1, 0.15) is 20.7 Å². The van der Waals surface area contributed by atoms with Gasteiger partial charge in [-0.1, -0.05) is 6.07 Å². The average Bonchev–Trinajstić information content (AvgIpc) is 2.59. The number of Topliss-reactive ketones (excluding diaryl/α,β-unsaturated/α-hetero) is 1. The van der Waals surface area contributed by atoms with Crippen LogP contribution in [0.15, 0.2) is 42.5 Å². The Bertz CT molecular complexity index is 756. The van der Waals surface area contributed by atoms with Gasteiger partial charge < -0.3 is 14.2 Å². The average molecular weight is 316 g/mol. The molecular weight excluding hydrogens is 303 g/mol. The topological polar surface area (TPSA) is 61.8 Å². The maximum Gasteiger partial charge on any atom is 0.338 e. The van der Waals surface area contributed by atoms with E-state index >= 15 is 0 Å². The third-order valence-corrected chi connectivity index (χ3v) is 3.26. The first kappa shape index (κ1) is 15.0. The van der Waals surface area contributed by atoms with Crippen LogP contribution in [-0.4, -0.2) is 31.6 Å². The molecule has 0 spiro atoms. The van der Waals surface area contributed by atoms with E-state index in [1.165, 1.54) is 18.2 Å². The van der Waals surface area contributed by atoms with E-state index in [-0.39, 0.29) is 11.3 Å². The van der Waals surface area contributed by atoms with E-state index < -0.39 is 18.4 Å². The Hall–Kier alpha value is -2.89. The standard InChI is InChI=1S/C17H13FO5/c18-13-3-1-2-12(8-13)17(20)23-10-14(19)11-4-5-15-16(9-11)22-7-6-21-15/h1-5,8-9H,6-7,10H2. The number of hydrogen-bond acceptors (Lipinski definition) is 5. The molecule has 0 unspecified atom stereocenters. The van der Waals surface area contributed by atoms with Gasteiger partial charge in [-0.05, 0) is 36.4 Å². The second-order valence-electron chi connectivity index (χ2n) is 4.87. The third-order valence-electron chi connectivity index (χ3n) is 3.26. The second kappa shape index (κ2) is 6.48. The first-order valence-electron chi connectivity index (χ1n) is 6.99. The second-order valence-corrected chi connectivity index (χ2v) is 4.87. The van der Waals surface area contributed by atoms with Gasteiger partial charge in [0.25, 0.3) is 0 Å². The van der Waals surface area contributed by atoms with E-state index in [4.69, 9.17) is 14.2 Å². The molecule has 2 aromatic rings. The fourth-order valence-corrected chi connectivity index (χ4v) is 2.13. The number of halogens is 1. The van der Waals surface area contributed by atoms with Crippen LogP contribution < -0.4 is 9.47 Å². The number of esters is 1. The lowest BCUT2D eigenvalue weighted by Crippen LogP contribution is -2.17. The van der Waals surface area contributed by atoms with Crippen molar-refractivity contribution in [3.63, 3.8) is 0 Å². The van der Waals surface area contributed by atoms with Crippen molar-refractivity contribution in [3.05, 3.63) is 59.4 Å². The van der Waals surface area contributed by atoms with Crippen molar-refractivity contribution in [2.45, 2.75) is 0 Å². The van der Waals surface area contributed by atoms with Crippen LogP contribution in [0, 0.1) is 5.82 Å². The minimum absolute atomic E-state index is 0.0555. The molecule has 0 aliphatic carbocycles. The summed E-state index contributed by atoms with van der Waals surface area (Å²) in [6.07, 6.45) is 0. The molecule has 3 rings (SSSR count). The molecule has 0 N–H and O–H groups in total. The predicted molar refractivity (Wildman–Crippen MR) is 78.4 cm³/mol. The number of carbonyl (C=O) groups is 2. The van der Waals surface area contributed by atoms with Crippen LogP contribution in [0.5, 0.6) is 11.5 Å². The number of ketones is 1. The summed E-state index contributed by atoms with van der Waals surface area (Å²) in [6, 6.07) is 9.84. The molecule has 0 fully saturated rings. The SMILES string of the molecule is O=C(COC(=O)c1cccc(F)c1)c1ccc2c(c1)OCCO2. The van der Waals surface area contributed by atoms with E-state index in [1.54, 1.807) is 18.2 Å². The minimum Gasteiger partial charge on any atom is -0.486 e. The Morgan fingerprint density at radius 2 is 1.78 bits per heavy atom. The van der Waals surface area contributed by atoms with Crippen molar-refractivity contribution >= 4 is 11.8 Å². The lowest BCUT2D eigenvalue weighted by Gasteiger charge is -2.18. The van der Waals surface area contributed by atoms with Gasteiger partial charge in [-0.2, -0.15) is 0 Å². The highest BCUT2D eigenvalue weighted by Gasteiger charge is 2.16. The Balaban J connectivity index is 1.64. The molecule has 0 atom stereocenters. The molecule has 5 nitrogen and oxygen atoms in total. The van der Waals surface area contributed by atoms with Gasteiger partial charge in [-0.15, -0.1) is 0 Å². The number of rotatable bonds is 4. The summed E-state index contributed by atoms with van der Waals surface area (Å²) in [5.41, 5.74) is 0.404. The Morgan fingerprint density at radius 1 is 1.00 bits per heavy atom. The summed E-state index contributed by atoms with van der Waals surface area (Å²) in [7, 11) is 0. The van der Waals surface area contributed by atoms with Crippen molar-refractivity contribution in [1.82, 2.24) is 0 Å². The molecular formula is C17H13FO5. The summed E-state index contributed by atoms with van der Waals surface area (Å²) in [6.45, 7) is 0.444. The normalized spacial score (nSPS) is 12.6. The lowest BCUT2D eigenvalue weighted by atomic mass is 10.1. The third kappa shape index (κ3) is 3.48. The van der Waals surface area contributed by atoms with E-state index in [1.807, 2.05) is 0 Å². The molecule has 1 heterocycles. The number of benzene rings is 2. The summed E-state index contributed by atoms with van der Waals surface area (Å²) < 4.78 is 28.7. The minimum atomic E-state index is -0.754. The predicted octanol–water partition coefficient (Wildman–Crippen LogP) is 2.64. The quantitative estimate of drug-likeness (QED) is 0.641. The van der Waals surface area contributed by atoms with Gasteiger partial charge in [0.05, 0.1) is 5.56 Å². The number of fused-ring (bicyclic) bond motifs is 1. The molecule has 0 amide bonds. The summed E-state index contributed by atoms with van der Waals surface area (Å²) in [4.78, 5) is 23.9. The maximum atomic E-state index is 13.1. The highest BCUT2D eigenvalue weighted by atomic mass is 19.1. The zero-order valence-electron chi connectivity index (χ0n) is 12.1. The smallest absolute Gasteiger partial charge is 0.338 e. The van der Waals surface area contributed by atoms with E-state index in [2.05, 4.69) is 0 Å². The van der Waals surface area contributed by atoms with Crippen LogP contribution in [0.2, 0.25) is 0 Å². The fraction of sp³-hybridized carbons (Fsp3) is 0.176. The molecule has 23 heavy (non-hydrogen) atoms. The molecule has 6 heteroatoms. The van der Waals surface area contributed by atoms with Crippen LogP contribution in [0.3, 0.4) is 0 Å². The largest absolute Gasteiger partial charge is 0.486 e. The van der Waals surface area contributed by atoms with Crippen molar-refractivity contribution in [2.75, 3.05) is 19.8 Å². The fourth-order valence-electron chi connectivity index (χ4n) is 2.13. The van der Waals surface area contributed by atoms with E-state index in [9.17, 15) is 14.0 Å². The van der Waals surface area contributed by atoms with Gasteiger partial charge in [-0.25, -0.2) is 9.18 Å². The highest BCUT2D eigenvalue weighted by Crippen LogP contribution is 2.30. The Morgan fingerprint density at radius 3 is 2.57 bits per heavy atom. The number of hydrogen-bond donors (Lipinski definition) is 0. The highest BCUT2D eigenvalue weighted by molar-refractivity contribution is 5.99. The maximum absolute atomic E-state index is 13.1. The summed E-state index contributed by atoms with van der Waals surface area (Å²) in [5.74, 6) is -0.622. The van der Waals surface area contributed by atoms with Gasteiger partial charge >= 0.3 is 5.97 Å². The van der Waals surface area contributed by atoms with Gasteiger partial charge in [0, 0.05) is 5.56 Å². The summed E-state index contributed by atoms with van der Waals surface area (Å²) >= 11 is 0. The molecule has 0 bridgehead atoms. The first-order valence-corrected chi connectivity index (χ1v) is 6.99. The van der Waals surface area contributed by atoms with Crippen molar-refractivity contribution in [2.24, 2.45) is 0 Å². The molecule has 1 aliphatic rings. The number of ether oxygens (including phenoxy) is 3. The summed E-state index contributed by atoms with van der Waals surface area (Å²) in [5, 5.41) is 0. The van der Waals surface area contributed by atoms with Crippen LogP contribution in [0.25, 0.3) is 0 Å². The molecule has 0 radical (unpaired) electrons. The van der Waals surface area contributed by atoms with Gasteiger partial charge in [0.15, 0.2) is 23.9 Å². The van der Waals surface area contributed by atoms with Crippen LogP contribution in [-0.2, 0) is 4.74 Å². The Kier molecular flexibility index (Phi) is 4.23. The first-order chi connectivity index (χ1) is 11.1. The van der Waals surface area contributed by atoms with E-state index in [0.29, 0.717) is 30.3 Å². The van der Waals surface area contributed by atoms with E-state index in [0.717, 1.165) is 6.07 Å². The molecule has 1 aliphatic heterocycles. The molecule has 2 aromatic carbocycles.